The van der Waals surface area contributed by atoms with Crippen LogP contribution in [0.3, 0.4) is 0 Å². The number of nitrogens with zero attached hydrogens (tertiary/aromatic N) is 6. The van der Waals surface area contributed by atoms with Gasteiger partial charge in [0.1, 0.15) is 12.4 Å². The average Bonchev–Trinajstić information content (AvgIpc) is 3.35. The summed E-state index contributed by atoms with van der Waals surface area (Å²) in [5.74, 6) is 1.05. The highest BCUT2D eigenvalue weighted by molar-refractivity contribution is 5.93. The molecule has 9 nitrogen and oxygen atoms in total. The number of hydrogen-bond acceptors (Lipinski definition) is 7. The molecule has 2 amide bonds. The molecule has 0 spiro atoms. The van der Waals surface area contributed by atoms with Crippen LogP contribution in [0.4, 0.5) is 0 Å². The van der Waals surface area contributed by atoms with Crippen molar-refractivity contribution in [1.82, 2.24) is 29.9 Å². The van der Waals surface area contributed by atoms with Crippen LogP contribution in [0.25, 0.3) is 0 Å². The Labute approximate surface area is 163 Å². The van der Waals surface area contributed by atoms with Crippen molar-refractivity contribution < 1.29 is 14.1 Å². The van der Waals surface area contributed by atoms with Crippen LogP contribution in [0.5, 0.6) is 0 Å². The second-order valence-corrected chi connectivity index (χ2v) is 7.42. The first-order chi connectivity index (χ1) is 13.6. The molecule has 2 aromatic rings. The van der Waals surface area contributed by atoms with Crippen LogP contribution >= 0.6 is 0 Å². The van der Waals surface area contributed by atoms with Gasteiger partial charge in [0.2, 0.25) is 11.8 Å². The van der Waals surface area contributed by atoms with Crippen LogP contribution in [0.2, 0.25) is 0 Å². The lowest BCUT2D eigenvalue weighted by molar-refractivity contribution is -0.138. The molecular formula is C19H24N6O3. The number of carbonyl (C=O) groups is 2. The molecule has 3 heterocycles. The molecule has 0 radical (unpaired) electrons. The summed E-state index contributed by atoms with van der Waals surface area (Å²) >= 11 is 0. The van der Waals surface area contributed by atoms with Crippen molar-refractivity contribution in [2.24, 2.45) is 5.92 Å². The summed E-state index contributed by atoms with van der Waals surface area (Å²) in [6, 6.07) is -0.306. The molecule has 0 N–H and O–H groups in total. The Kier molecular flexibility index (Phi) is 5.31. The minimum Gasteiger partial charge on any atom is -0.337 e. The van der Waals surface area contributed by atoms with Gasteiger partial charge in [-0.15, -0.1) is 0 Å². The number of carbonyl (C=O) groups excluding carboxylic acids is 2. The van der Waals surface area contributed by atoms with Gasteiger partial charge >= 0.3 is 0 Å². The lowest BCUT2D eigenvalue weighted by Gasteiger charge is -2.29. The van der Waals surface area contributed by atoms with Crippen LogP contribution in [0, 0.1) is 12.8 Å². The normalized spacial score (nSPS) is 21.0. The summed E-state index contributed by atoms with van der Waals surface area (Å²) in [7, 11) is 0. The molecule has 9 heteroatoms. The van der Waals surface area contributed by atoms with E-state index in [-0.39, 0.29) is 23.8 Å². The fourth-order valence-corrected chi connectivity index (χ4v) is 4.10. The van der Waals surface area contributed by atoms with Crippen molar-refractivity contribution in [2.75, 3.05) is 19.6 Å². The van der Waals surface area contributed by atoms with Gasteiger partial charge in [-0.05, 0) is 26.2 Å². The van der Waals surface area contributed by atoms with E-state index >= 15 is 0 Å². The van der Waals surface area contributed by atoms with Gasteiger partial charge < -0.3 is 14.3 Å². The van der Waals surface area contributed by atoms with Crippen molar-refractivity contribution in [2.45, 2.75) is 45.1 Å². The second kappa shape index (κ2) is 8.04. The van der Waals surface area contributed by atoms with Gasteiger partial charge in [-0.3, -0.25) is 9.59 Å². The van der Waals surface area contributed by atoms with Crippen molar-refractivity contribution in [3.8, 4) is 0 Å². The smallest absolute Gasteiger partial charge is 0.257 e. The van der Waals surface area contributed by atoms with Gasteiger partial charge in [-0.1, -0.05) is 18.0 Å². The number of aromatic nitrogens is 4. The van der Waals surface area contributed by atoms with Gasteiger partial charge in [0.05, 0.1) is 5.56 Å². The number of rotatable bonds is 3. The molecular weight excluding hydrogens is 360 g/mol. The van der Waals surface area contributed by atoms with Gasteiger partial charge in [0, 0.05) is 37.9 Å². The Hall–Kier alpha value is -2.84. The molecule has 2 aliphatic rings. The van der Waals surface area contributed by atoms with Crippen molar-refractivity contribution in [1.29, 1.82) is 0 Å². The molecule has 148 valence electrons. The highest BCUT2D eigenvalue weighted by Gasteiger charge is 2.37. The first-order valence-electron chi connectivity index (χ1n) is 9.78. The summed E-state index contributed by atoms with van der Waals surface area (Å²) < 4.78 is 5.40. The van der Waals surface area contributed by atoms with Gasteiger partial charge in [-0.25, -0.2) is 9.97 Å². The quantitative estimate of drug-likeness (QED) is 0.794. The molecule has 2 fully saturated rings. The molecule has 0 bridgehead atoms. The van der Waals surface area contributed by atoms with E-state index < -0.39 is 0 Å². The molecule has 2 aromatic heterocycles. The Bertz CT molecular complexity index is 833. The Morgan fingerprint density at radius 3 is 2.50 bits per heavy atom. The SMILES string of the molecule is Cc1noc(C2CCN(C(=O)c3cncnc3)CCN2C(=O)C2CCCC2)n1. The van der Waals surface area contributed by atoms with E-state index in [2.05, 4.69) is 20.1 Å². The maximum atomic E-state index is 13.2. The van der Waals surface area contributed by atoms with Gasteiger partial charge in [-0.2, -0.15) is 4.98 Å². The van der Waals surface area contributed by atoms with Crippen LogP contribution in [0.15, 0.2) is 23.2 Å². The fourth-order valence-electron chi connectivity index (χ4n) is 4.10. The standard InChI is InChI=1S/C19H24N6O3/c1-13-22-17(28-23-13)16-6-7-24(18(26)15-10-20-12-21-11-15)8-9-25(16)19(27)14-4-2-3-5-14/h10-12,14,16H,2-9H2,1H3. The van der Waals surface area contributed by atoms with E-state index in [4.69, 9.17) is 4.52 Å². The Morgan fingerprint density at radius 2 is 1.82 bits per heavy atom. The van der Waals surface area contributed by atoms with E-state index in [0.29, 0.717) is 43.3 Å². The largest absolute Gasteiger partial charge is 0.337 e. The Balaban J connectivity index is 1.56. The minimum atomic E-state index is -0.306. The summed E-state index contributed by atoms with van der Waals surface area (Å²) in [5, 5.41) is 3.89. The van der Waals surface area contributed by atoms with Gasteiger partial charge in [0.25, 0.3) is 5.91 Å². The third kappa shape index (κ3) is 3.74. The predicted molar refractivity (Wildman–Crippen MR) is 98.0 cm³/mol. The molecule has 1 aliphatic carbocycles. The summed E-state index contributed by atoms with van der Waals surface area (Å²) in [6.07, 6.45) is 9.01. The lowest BCUT2D eigenvalue weighted by Crippen LogP contribution is -2.41. The predicted octanol–water partition coefficient (Wildman–Crippen LogP) is 1.77. The van der Waals surface area contributed by atoms with E-state index in [1.165, 1.54) is 18.7 Å². The maximum absolute atomic E-state index is 13.2. The molecule has 1 unspecified atom stereocenters. The molecule has 0 aromatic carbocycles. The average molecular weight is 384 g/mol. The highest BCUT2D eigenvalue weighted by Crippen LogP contribution is 2.32. The van der Waals surface area contributed by atoms with Crippen molar-refractivity contribution >= 4 is 11.8 Å². The fraction of sp³-hybridized carbons (Fsp3) is 0.579. The first-order valence-corrected chi connectivity index (χ1v) is 9.78. The van der Waals surface area contributed by atoms with E-state index in [9.17, 15) is 9.59 Å². The van der Waals surface area contributed by atoms with Crippen molar-refractivity contribution in [3.05, 3.63) is 36.0 Å². The third-order valence-corrected chi connectivity index (χ3v) is 5.57. The monoisotopic (exact) mass is 384 g/mol. The van der Waals surface area contributed by atoms with Crippen LogP contribution in [-0.4, -0.2) is 61.4 Å². The summed E-state index contributed by atoms with van der Waals surface area (Å²) in [6.45, 7) is 3.16. The Morgan fingerprint density at radius 1 is 1.07 bits per heavy atom. The summed E-state index contributed by atoms with van der Waals surface area (Å²) in [5.41, 5.74) is 0.447. The number of amides is 2. The topological polar surface area (TPSA) is 105 Å². The van der Waals surface area contributed by atoms with Crippen LogP contribution in [0.1, 0.15) is 60.2 Å². The first kappa shape index (κ1) is 18.5. The van der Waals surface area contributed by atoms with E-state index in [1.807, 2.05) is 4.90 Å². The second-order valence-electron chi connectivity index (χ2n) is 7.42. The van der Waals surface area contributed by atoms with E-state index in [1.54, 1.807) is 11.8 Å². The lowest BCUT2D eigenvalue weighted by atomic mass is 10.0. The van der Waals surface area contributed by atoms with E-state index in [0.717, 1.165) is 25.7 Å². The maximum Gasteiger partial charge on any atom is 0.257 e. The molecule has 1 aliphatic heterocycles. The number of hydrogen-bond donors (Lipinski definition) is 0. The van der Waals surface area contributed by atoms with Crippen molar-refractivity contribution in [3.63, 3.8) is 0 Å². The van der Waals surface area contributed by atoms with Crippen LogP contribution in [-0.2, 0) is 4.79 Å². The zero-order valence-corrected chi connectivity index (χ0v) is 16.0. The third-order valence-electron chi connectivity index (χ3n) is 5.57. The molecule has 4 rings (SSSR count). The minimum absolute atomic E-state index is 0.0521. The number of aryl methyl sites for hydroxylation is 1. The summed E-state index contributed by atoms with van der Waals surface area (Å²) in [4.78, 5) is 41.8. The van der Waals surface area contributed by atoms with Crippen LogP contribution < -0.4 is 0 Å². The molecule has 28 heavy (non-hydrogen) atoms. The van der Waals surface area contributed by atoms with Gasteiger partial charge in [0.15, 0.2) is 5.82 Å². The molecule has 1 atom stereocenters. The zero-order chi connectivity index (χ0) is 19.5. The highest BCUT2D eigenvalue weighted by atomic mass is 16.5. The zero-order valence-electron chi connectivity index (χ0n) is 16.0. The molecule has 1 saturated carbocycles. The molecule has 1 saturated heterocycles.